The van der Waals surface area contributed by atoms with Crippen LogP contribution < -0.4 is 0 Å². The van der Waals surface area contributed by atoms with E-state index in [1.165, 1.54) is 154 Å². The van der Waals surface area contributed by atoms with Gasteiger partial charge in [-0.15, -0.1) is 0 Å². The highest BCUT2D eigenvalue weighted by Gasteiger charge is 2.30. The molecule has 5 atom stereocenters. The van der Waals surface area contributed by atoms with Crippen molar-refractivity contribution in [2.24, 2.45) is 17.8 Å². The fourth-order valence-electron chi connectivity index (χ4n) is 10.5. The van der Waals surface area contributed by atoms with E-state index in [0.717, 1.165) is 102 Å². The van der Waals surface area contributed by atoms with Gasteiger partial charge < -0.3 is 33.8 Å². The summed E-state index contributed by atoms with van der Waals surface area (Å²) in [7, 11) is -9.90. The predicted octanol–water partition coefficient (Wildman–Crippen LogP) is 19.8. The standard InChI is InChI=1S/C70H136O17P2/c1-8-9-10-11-12-13-14-15-16-17-18-19-20-23-31-39-46-53-69(74)86-65(57-80-67(72)51-44-37-30-24-21-22-27-34-41-48-61(2)3)59-84-88(76,77)82-55-64(71)56-83-89(78,79)85-60-66(87-70(75)54-47-40-33-26-29-36-43-50-63(6)7)58-81-68(73)52-45-38-32-25-28-35-42-49-62(4)5/h61-66,71H,8-60H2,1-7H3,(H,76,77)(H,78,79)/t64-,65-,66-/m1/s1. The van der Waals surface area contributed by atoms with E-state index in [1.807, 2.05) is 0 Å². The minimum Gasteiger partial charge on any atom is -0.462 e. The van der Waals surface area contributed by atoms with Gasteiger partial charge in [0.25, 0.3) is 0 Å². The summed E-state index contributed by atoms with van der Waals surface area (Å²) in [6.07, 6.45) is 44.7. The molecule has 0 radical (unpaired) electrons. The highest BCUT2D eigenvalue weighted by atomic mass is 31.2. The maximum absolute atomic E-state index is 13.0. The summed E-state index contributed by atoms with van der Waals surface area (Å²) in [5.41, 5.74) is 0. The van der Waals surface area contributed by atoms with Crippen LogP contribution in [-0.2, 0) is 65.4 Å². The minimum atomic E-state index is -4.95. The second-order valence-electron chi connectivity index (χ2n) is 26.7. The zero-order chi connectivity index (χ0) is 65.9. The Labute approximate surface area is 543 Å². The van der Waals surface area contributed by atoms with Crippen LogP contribution in [0.5, 0.6) is 0 Å². The van der Waals surface area contributed by atoms with Crippen LogP contribution in [0.2, 0.25) is 0 Å². The summed E-state index contributed by atoms with van der Waals surface area (Å²) >= 11 is 0. The van der Waals surface area contributed by atoms with Crippen LogP contribution in [0.15, 0.2) is 0 Å². The van der Waals surface area contributed by atoms with Gasteiger partial charge in [-0.2, -0.15) is 0 Å². The Morgan fingerprint density at radius 2 is 0.517 bits per heavy atom. The molecule has 0 aromatic carbocycles. The average molecular weight is 1310 g/mol. The van der Waals surface area contributed by atoms with E-state index in [-0.39, 0.29) is 25.7 Å². The van der Waals surface area contributed by atoms with Gasteiger partial charge in [0.2, 0.25) is 0 Å². The van der Waals surface area contributed by atoms with Crippen LogP contribution in [0, 0.1) is 17.8 Å². The highest BCUT2D eigenvalue weighted by Crippen LogP contribution is 2.45. The second kappa shape index (κ2) is 61.0. The lowest BCUT2D eigenvalue weighted by atomic mass is 10.0. The Hall–Kier alpha value is -1.94. The zero-order valence-corrected chi connectivity index (χ0v) is 59.7. The van der Waals surface area contributed by atoms with E-state index in [0.29, 0.717) is 37.5 Å². The monoisotopic (exact) mass is 1310 g/mol. The Morgan fingerprint density at radius 3 is 0.764 bits per heavy atom. The summed E-state index contributed by atoms with van der Waals surface area (Å²) in [6.45, 7) is 11.7. The van der Waals surface area contributed by atoms with Crippen molar-refractivity contribution < 1.29 is 80.2 Å². The number of aliphatic hydroxyl groups excluding tert-OH is 1. The molecule has 0 aromatic heterocycles. The van der Waals surface area contributed by atoms with Gasteiger partial charge in [0, 0.05) is 25.7 Å². The number of carbonyl (C=O) groups excluding carboxylic acids is 4. The number of unbranched alkanes of at least 4 members (excludes halogenated alkanes) is 36. The fraction of sp³-hybridized carbons (Fsp3) is 0.943. The summed E-state index contributed by atoms with van der Waals surface area (Å²) in [5, 5.41) is 10.6. The normalized spacial score (nSPS) is 14.2. The van der Waals surface area contributed by atoms with Crippen molar-refractivity contribution in [3.05, 3.63) is 0 Å². The lowest BCUT2D eigenvalue weighted by molar-refractivity contribution is -0.161. The number of rotatable bonds is 68. The van der Waals surface area contributed by atoms with Crippen LogP contribution in [-0.4, -0.2) is 96.7 Å². The largest absolute Gasteiger partial charge is 0.472 e. The third-order valence-corrected chi connectivity index (χ3v) is 18.0. The quantitative estimate of drug-likeness (QED) is 0.0222. The minimum absolute atomic E-state index is 0.102. The molecule has 0 rings (SSSR count). The lowest BCUT2D eigenvalue weighted by Crippen LogP contribution is -2.30. The molecule has 2 unspecified atom stereocenters. The fourth-order valence-corrected chi connectivity index (χ4v) is 12.1. The molecular formula is C70H136O17P2. The van der Waals surface area contributed by atoms with Crippen molar-refractivity contribution in [1.82, 2.24) is 0 Å². The van der Waals surface area contributed by atoms with Crippen molar-refractivity contribution in [1.29, 1.82) is 0 Å². The van der Waals surface area contributed by atoms with Crippen LogP contribution in [0.25, 0.3) is 0 Å². The van der Waals surface area contributed by atoms with E-state index in [2.05, 4.69) is 48.5 Å². The summed E-state index contributed by atoms with van der Waals surface area (Å²) in [5.74, 6) is 0.0150. The summed E-state index contributed by atoms with van der Waals surface area (Å²) < 4.78 is 68.2. The van der Waals surface area contributed by atoms with Crippen LogP contribution in [0.3, 0.4) is 0 Å². The molecule has 0 saturated carbocycles. The molecule has 0 aliphatic carbocycles. The van der Waals surface area contributed by atoms with E-state index >= 15 is 0 Å². The predicted molar refractivity (Wildman–Crippen MR) is 358 cm³/mol. The van der Waals surface area contributed by atoms with Crippen LogP contribution >= 0.6 is 15.6 Å². The number of phosphoric acid groups is 2. The second-order valence-corrected chi connectivity index (χ2v) is 29.6. The molecule has 0 aromatic rings. The third kappa shape index (κ3) is 64.6. The number of hydrogen-bond donors (Lipinski definition) is 3. The number of phosphoric ester groups is 2. The molecule has 0 spiro atoms. The molecule has 0 heterocycles. The molecule has 528 valence electrons. The Bertz CT molecular complexity index is 1750. The first-order valence-electron chi connectivity index (χ1n) is 36.3. The lowest BCUT2D eigenvalue weighted by Gasteiger charge is -2.21. The first kappa shape index (κ1) is 87.1. The van der Waals surface area contributed by atoms with Gasteiger partial charge in [-0.25, -0.2) is 9.13 Å². The number of aliphatic hydroxyl groups is 1. The summed E-state index contributed by atoms with van der Waals surface area (Å²) in [4.78, 5) is 72.5. The first-order valence-corrected chi connectivity index (χ1v) is 39.3. The van der Waals surface area contributed by atoms with Gasteiger partial charge in [0.15, 0.2) is 12.2 Å². The van der Waals surface area contributed by atoms with Crippen molar-refractivity contribution in [3.63, 3.8) is 0 Å². The Balaban J connectivity index is 5.23. The molecule has 3 N–H and O–H groups in total. The molecule has 0 amide bonds. The summed E-state index contributed by atoms with van der Waals surface area (Å²) in [6, 6.07) is 0. The average Bonchev–Trinajstić information content (AvgIpc) is 3.69. The molecule has 19 heteroatoms. The molecule has 17 nitrogen and oxygen atoms in total. The molecule has 0 aliphatic heterocycles. The van der Waals surface area contributed by atoms with Crippen molar-refractivity contribution >= 4 is 39.5 Å². The Kier molecular flexibility index (Phi) is 59.6. The molecule has 0 fully saturated rings. The van der Waals surface area contributed by atoms with E-state index in [9.17, 15) is 43.2 Å². The number of carbonyl (C=O) groups is 4. The highest BCUT2D eigenvalue weighted by molar-refractivity contribution is 7.47. The smallest absolute Gasteiger partial charge is 0.462 e. The third-order valence-electron chi connectivity index (χ3n) is 16.1. The van der Waals surface area contributed by atoms with Crippen LogP contribution in [0.4, 0.5) is 0 Å². The van der Waals surface area contributed by atoms with Crippen molar-refractivity contribution in [2.75, 3.05) is 39.6 Å². The number of ether oxygens (including phenoxy) is 4. The van der Waals surface area contributed by atoms with Crippen molar-refractivity contribution in [3.8, 4) is 0 Å². The zero-order valence-electron chi connectivity index (χ0n) is 57.9. The molecule has 0 bridgehead atoms. The van der Waals surface area contributed by atoms with Crippen LogP contribution in [0.1, 0.15) is 350 Å². The van der Waals surface area contributed by atoms with E-state index in [4.69, 9.17) is 37.0 Å². The van der Waals surface area contributed by atoms with Crippen molar-refractivity contribution in [2.45, 2.75) is 369 Å². The van der Waals surface area contributed by atoms with Gasteiger partial charge in [-0.05, 0) is 43.4 Å². The van der Waals surface area contributed by atoms with E-state index < -0.39 is 97.5 Å². The van der Waals surface area contributed by atoms with Gasteiger partial charge >= 0.3 is 39.5 Å². The van der Waals surface area contributed by atoms with Gasteiger partial charge in [0.05, 0.1) is 26.4 Å². The van der Waals surface area contributed by atoms with Gasteiger partial charge in [0.1, 0.15) is 19.3 Å². The molecular weight excluding hydrogens is 1170 g/mol. The molecule has 89 heavy (non-hydrogen) atoms. The maximum atomic E-state index is 13.0. The van der Waals surface area contributed by atoms with Gasteiger partial charge in [-0.3, -0.25) is 37.3 Å². The number of esters is 4. The molecule has 0 saturated heterocycles. The first-order chi connectivity index (χ1) is 42.7. The van der Waals surface area contributed by atoms with E-state index in [1.54, 1.807) is 0 Å². The number of hydrogen-bond acceptors (Lipinski definition) is 15. The topological polar surface area (TPSA) is 237 Å². The van der Waals surface area contributed by atoms with Gasteiger partial charge in [-0.1, -0.05) is 299 Å². The molecule has 0 aliphatic rings. The SMILES string of the molecule is CCCCCCCCCCCCCCCCCCCC(=O)O[C@H](COC(=O)CCCCCCCCCCCC(C)C)COP(=O)(O)OC[C@@H](O)COP(=O)(O)OC[C@@H](COC(=O)CCCCCCCCCC(C)C)OC(=O)CCCCCCCCCC(C)C. The maximum Gasteiger partial charge on any atom is 0.472 e. The Morgan fingerprint density at radius 1 is 0.303 bits per heavy atom.